The van der Waals surface area contributed by atoms with Crippen LogP contribution in [0.4, 0.5) is 22.0 Å². The molecule has 0 aromatic heterocycles. The first-order valence-electron chi connectivity index (χ1n) is 12.3. The molecule has 0 amide bonds. The maximum absolute atomic E-state index is 15.0. The first kappa shape index (κ1) is 26.1. The Bertz CT molecular complexity index is 1240. The fourth-order valence-electron chi connectivity index (χ4n) is 4.87. The van der Waals surface area contributed by atoms with Gasteiger partial charge in [-0.2, -0.15) is 0 Å². The summed E-state index contributed by atoms with van der Waals surface area (Å²) < 4.78 is 80.1. The average Bonchev–Trinajstić information content (AvgIpc) is 2.88. The molecular formula is C30H29F5O. The molecule has 1 aliphatic rings. The molecule has 3 aromatic rings. The molecule has 1 fully saturated rings. The predicted octanol–water partition coefficient (Wildman–Crippen LogP) is 8.89. The molecular weight excluding hydrogens is 471 g/mol. The molecule has 2 atom stereocenters. The predicted molar refractivity (Wildman–Crippen MR) is 133 cm³/mol. The first-order chi connectivity index (χ1) is 17.3. The Labute approximate surface area is 208 Å². The lowest BCUT2D eigenvalue weighted by Gasteiger charge is -2.29. The average molecular weight is 501 g/mol. The van der Waals surface area contributed by atoms with Crippen LogP contribution < -0.4 is 0 Å². The van der Waals surface area contributed by atoms with E-state index in [1.807, 2.05) is 0 Å². The van der Waals surface area contributed by atoms with Crippen LogP contribution in [0.5, 0.6) is 0 Å². The lowest BCUT2D eigenvalue weighted by molar-refractivity contribution is -0.0216. The molecule has 0 bridgehead atoms. The fourth-order valence-corrected chi connectivity index (χ4v) is 4.87. The summed E-state index contributed by atoms with van der Waals surface area (Å²) in [7, 11) is 0. The van der Waals surface area contributed by atoms with Gasteiger partial charge in [0.05, 0.1) is 6.10 Å². The van der Waals surface area contributed by atoms with E-state index in [2.05, 4.69) is 13.5 Å². The maximum atomic E-state index is 15.0. The highest BCUT2D eigenvalue weighted by molar-refractivity contribution is 5.73. The summed E-state index contributed by atoms with van der Waals surface area (Å²) in [5.41, 5.74) is -0.621. The molecule has 0 aliphatic carbocycles. The van der Waals surface area contributed by atoms with Gasteiger partial charge in [0.15, 0.2) is 23.3 Å². The molecule has 1 aliphatic heterocycles. The molecule has 0 radical (unpaired) electrons. The molecule has 190 valence electrons. The Hall–Kier alpha value is -2.99. The Morgan fingerprint density at radius 3 is 2.00 bits per heavy atom. The Balaban J connectivity index is 1.53. The molecule has 0 N–H and O–H groups in total. The third kappa shape index (κ3) is 5.39. The lowest BCUT2D eigenvalue weighted by atomic mass is 9.92. The second-order valence-corrected chi connectivity index (χ2v) is 9.36. The number of halogens is 5. The van der Waals surface area contributed by atoms with Crippen LogP contribution >= 0.6 is 0 Å². The van der Waals surface area contributed by atoms with E-state index in [1.54, 1.807) is 0 Å². The van der Waals surface area contributed by atoms with E-state index in [4.69, 9.17) is 4.74 Å². The molecule has 1 saturated heterocycles. The van der Waals surface area contributed by atoms with E-state index < -0.39 is 40.2 Å². The number of hydrogen-bond donors (Lipinski definition) is 0. The summed E-state index contributed by atoms with van der Waals surface area (Å²) in [4.78, 5) is 0. The molecule has 0 saturated carbocycles. The monoisotopic (exact) mass is 500 g/mol. The number of hydrogen-bond acceptors (Lipinski definition) is 1. The van der Waals surface area contributed by atoms with Crippen LogP contribution in [0, 0.1) is 35.0 Å². The summed E-state index contributed by atoms with van der Waals surface area (Å²) in [6.07, 6.45) is 6.46. The molecule has 3 aromatic carbocycles. The number of ether oxygens (including phenoxy) is 1. The largest absolute Gasteiger partial charge is 0.378 e. The Morgan fingerprint density at radius 2 is 1.42 bits per heavy atom. The van der Waals surface area contributed by atoms with Crippen LogP contribution in [0.3, 0.4) is 0 Å². The molecule has 36 heavy (non-hydrogen) atoms. The van der Waals surface area contributed by atoms with Crippen molar-refractivity contribution in [3.8, 4) is 22.3 Å². The van der Waals surface area contributed by atoms with Gasteiger partial charge in [0.1, 0.15) is 5.82 Å². The Kier molecular flexibility index (Phi) is 8.24. The van der Waals surface area contributed by atoms with Gasteiger partial charge in [0.25, 0.3) is 0 Å². The quantitative estimate of drug-likeness (QED) is 0.281. The Morgan fingerprint density at radius 1 is 0.806 bits per heavy atom. The van der Waals surface area contributed by atoms with Gasteiger partial charge < -0.3 is 4.74 Å². The summed E-state index contributed by atoms with van der Waals surface area (Å²) in [6, 6.07) is 8.94. The molecule has 4 rings (SSSR count). The summed E-state index contributed by atoms with van der Waals surface area (Å²) in [5.74, 6) is -5.22. The van der Waals surface area contributed by atoms with E-state index in [-0.39, 0.29) is 29.2 Å². The normalized spacial score (nSPS) is 17.8. The van der Waals surface area contributed by atoms with E-state index in [9.17, 15) is 22.0 Å². The highest BCUT2D eigenvalue weighted by atomic mass is 19.2. The van der Waals surface area contributed by atoms with Crippen molar-refractivity contribution in [2.24, 2.45) is 5.92 Å². The van der Waals surface area contributed by atoms with Gasteiger partial charge in [-0.3, -0.25) is 0 Å². The molecule has 1 nitrogen and oxygen atoms in total. The van der Waals surface area contributed by atoms with Crippen molar-refractivity contribution in [1.82, 2.24) is 0 Å². The molecule has 2 unspecified atom stereocenters. The first-order valence-corrected chi connectivity index (χ1v) is 12.3. The van der Waals surface area contributed by atoms with Crippen LogP contribution in [0.1, 0.15) is 50.2 Å². The zero-order chi connectivity index (χ0) is 25.8. The van der Waals surface area contributed by atoms with Crippen molar-refractivity contribution >= 4 is 6.08 Å². The van der Waals surface area contributed by atoms with Gasteiger partial charge in [-0.1, -0.05) is 62.4 Å². The smallest absolute Gasteiger partial charge is 0.167 e. The molecule has 0 spiro atoms. The number of aryl methyl sites for hydroxylation is 1. The van der Waals surface area contributed by atoms with E-state index in [0.717, 1.165) is 43.9 Å². The van der Waals surface area contributed by atoms with Crippen LogP contribution in [0.25, 0.3) is 28.3 Å². The fraction of sp³-hybridized carbons (Fsp3) is 0.333. The molecule has 6 heteroatoms. The molecule has 1 heterocycles. The van der Waals surface area contributed by atoms with Gasteiger partial charge in [-0.15, -0.1) is 0 Å². The minimum atomic E-state index is -1.37. The van der Waals surface area contributed by atoms with Crippen molar-refractivity contribution < 1.29 is 26.7 Å². The summed E-state index contributed by atoms with van der Waals surface area (Å²) in [6.45, 7) is 6.38. The van der Waals surface area contributed by atoms with Crippen molar-refractivity contribution in [2.45, 2.75) is 51.6 Å². The van der Waals surface area contributed by atoms with Crippen molar-refractivity contribution in [1.29, 1.82) is 0 Å². The third-order valence-corrected chi connectivity index (χ3v) is 6.95. The highest BCUT2D eigenvalue weighted by Gasteiger charge is 2.24. The van der Waals surface area contributed by atoms with Crippen LogP contribution in [-0.2, 0) is 11.2 Å². The number of rotatable bonds is 8. The van der Waals surface area contributed by atoms with Gasteiger partial charge in [-0.25, -0.2) is 22.0 Å². The summed E-state index contributed by atoms with van der Waals surface area (Å²) in [5, 5.41) is 0. The summed E-state index contributed by atoms with van der Waals surface area (Å²) >= 11 is 0. The van der Waals surface area contributed by atoms with Gasteiger partial charge >= 0.3 is 0 Å². The second kappa shape index (κ2) is 11.4. The minimum absolute atomic E-state index is 0.000250. The van der Waals surface area contributed by atoms with E-state index >= 15 is 0 Å². The van der Waals surface area contributed by atoms with Crippen molar-refractivity contribution in [3.63, 3.8) is 0 Å². The number of benzene rings is 3. The van der Waals surface area contributed by atoms with Gasteiger partial charge in [0.2, 0.25) is 0 Å². The minimum Gasteiger partial charge on any atom is -0.378 e. The zero-order valence-electron chi connectivity index (χ0n) is 20.2. The maximum Gasteiger partial charge on any atom is 0.167 e. The van der Waals surface area contributed by atoms with Gasteiger partial charge in [-0.05, 0) is 55.2 Å². The topological polar surface area (TPSA) is 9.23 Å². The van der Waals surface area contributed by atoms with Crippen molar-refractivity contribution in [2.75, 3.05) is 6.61 Å². The van der Waals surface area contributed by atoms with Crippen molar-refractivity contribution in [3.05, 3.63) is 89.3 Å². The SMILES string of the molecule is C=Cc1ccc(-c2ccc(-c3ccc(CCC4CCC(CCC)CO4)c(F)c3F)c(F)c2F)c(F)c1. The van der Waals surface area contributed by atoms with E-state index in [0.29, 0.717) is 24.5 Å². The second-order valence-electron chi connectivity index (χ2n) is 9.36. The zero-order valence-corrected chi connectivity index (χ0v) is 20.2. The third-order valence-electron chi connectivity index (χ3n) is 6.95. The van der Waals surface area contributed by atoms with Crippen LogP contribution in [-0.4, -0.2) is 12.7 Å². The highest BCUT2D eigenvalue weighted by Crippen LogP contribution is 2.35. The lowest BCUT2D eigenvalue weighted by Crippen LogP contribution is -2.26. The van der Waals surface area contributed by atoms with Crippen LogP contribution in [0.15, 0.2) is 49.0 Å². The van der Waals surface area contributed by atoms with Gasteiger partial charge in [0, 0.05) is 28.9 Å². The van der Waals surface area contributed by atoms with E-state index in [1.165, 1.54) is 30.3 Å². The van der Waals surface area contributed by atoms with Crippen LogP contribution in [0.2, 0.25) is 0 Å². The standard InChI is InChI=1S/C30H29F5O/c1-3-5-19-6-10-21(36-17-19)11-8-20-9-13-24(28(33)27(20)32)25-15-14-23(29(34)30(25)35)22-12-7-18(4-2)16-26(22)31/h4,7,9,12-16,19,21H,2-3,5-6,8,10-11,17H2,1H3.